The molecule has 78 valence electrons. The van der Waals surface area contributed by atoms with Crippen LogP contribution in [-0.2, 0) is 9.53 Å². The number of ether oxygens (including phenoxy) is 1. The highest BCUT2D eigenvalue weighted by molar-refractivity contribution is 6.01. The molecule has 15 heavy (non-hydrogen) atoms. The van der Waals surface area contributed by atoms with E-state index in [1.807, 2.05) is 0 Å². The lowest BCUT2D eigenvalue weighted by Gasteiger charge is -2.07. The number of carbonyl (C=O) groups is 2. The van der Waals surface area contributed by atoms with Gasteiger partial charge in [0.25, 0.3) is 0 Å². The lowest BCUT2D eigenvalue weighted by atomic mass is 10.0. The Kier molecular flexibility index (Phi) is 2.49. The molecule has 0 spiro atoms. The van der Waals surface area contributed by atoms with E-state index in [4.69, 9.17) is 4.74 Å². The Morgan fingerprint density at radius 1 is 1.33 bits per heavy atom. The van der Waals surface area contributed by atoms with Crippen molar-refractivity contribution in [1.29, 1.82) is 0 Å². The van der Waals surface area contributed by atoms with Crippen molar-refractivity contribution in [3.63, 3.8) is 0 Å². The van der Waals surface area contributed by atoms with Gasteiger partial charge in [-0.05, 0) is 24.3 Å². The number of rotatable bonds is 2. The van der Waals surface area contributed by atoms with Gasteiger partial charge in [0.15, 0.2) is 6.10 Å². The van der Waals surface area contributed by atoms with Crippen LogP contribution in [0, 0.1) is 5.82 Å². The van der Waals surface area contributed by atoms with E-state index in [1.54, 1.807) is 0 Å². The molecule has 0 unspecified atom stereocenters. The van der Waals surface area contributed by atoms with E-state index in [1.165, 1.54) is 24.3 Å². The maximum absolute atomic E-state index is 12.6. The van der Waals surface area contributed by atoms with Crippen molar-refractivity contribution in [1.82, 2.24) is 0 Å². The molecule has 0 saturated carbocycles. The van der Waals surface area contributed by atoms with E-state index in [-0.39, 0.29) is 18.2 Å². The Morgan fingerprint density at radius 3 is 2.53 bits per heavy atom. The van der Waals surface area contributed by atoms with Crippen LogP contribution in [0.2, 0.25) is 0 Å². The minimum atomic E-state index is -0.692. The molecule has 1 fully saturated rings. The zero-order valence-corrected chi connectivity index (χ0v) is 7.90. The second-order valence-electron chi connectivity index (χ2n) is 3.39. The quantitative estimate of drug-likeness (QED) is 0.549. The van der Waals surface area contributed by atoms with Gasteiger partial charge in [0.05, 0.1) is 0 Å². The molecule has 1 atom stereocenters. The van der Waals surface area contributed by atoms with E-state index in [9.17, 15) is 14.0 Å². The third-order valence-corrected chi connectivity index (χ3v) is 2.31. The van der Waals surface area contributed by atoms with Gasteiger partial charge in [-0.1, -0.05) is 0 Å². The summed E-state index contributed by atoms with van der Waals surface area (Å²) in [6, 6.07) is 5.21. The van der Waals surface area contributed by atoms with Gasteiger partial charge in [-0.25, -0.2) is 4.39 Å². The summed E-state index contributed by atoms with van der Waals surface area (Å²) < 4.78 is 17.4. The average Bonchev–Trinajstić information content (AvgIpc) is 2.65. The number of benzene rings is 1. The zero-order valence-electron chi connectivity index (χ0n) is 7.90. The van der Waals surface area contributed by atoms with Crippen LogP contribution in [0.5, 0.6) is 0 Å². The number of cyclic esters (lactones) is 1. The van der Waals surface area contributed by atoms with E-state index in [2.05, 4.69) is 0 Å². The Labute approximate surface area is 85.9 Å². The maximum Gasteiger partial charge on any atom is 0.306 e. The molecule has 4 heteroatoms. The monoisotopic (exact) mass is 208 g/mol. The Morgan fingerprint density at radius 2 is 2.00 bits per heavy atom. The number of hydrogen-bond acceptors (Lipinski definition) is 3. The van der Waals surface area contributed by atoms with Crippen molar-refractivity contribution in [2.45, 2.75) is 18.9 Å². The first-order valence-corrected chi connectivity index (χ1v) is 4.66. The molecular formula is C11H9FO3. The molecule has 0 bridgehead atoms. The molecule has 0 radical (unpaired) electrons. The molecule has 1 heterocycles. The largest absolute Gasteiger partial charge is 0.454 e. The van der Waals surface area contributed by atoms with Crippen LogP contribution in [0.4, 0.5) is 4.39 Å². The fourth-order valence-electron chi connectivity index (χ4n) is 1.51. The average molecular weight is 208 g/mol. The molecule has 0 amide bonds. The van der Waals surface area contributed by atoms with Crippen LogP contribution in [0.3, 0.4) is 0 Å². The highest BCUT2D eigenvalue weighted by Gasteiger charge is 2.30. The van der Waals surface area contributed by atoms with Crippen molar-refractivity contribution in [3.05, 3.63) is 35.6 Å². The maximum atomic E-state index is 12.6. The summed E-state index contributed by atoms with van der Waals surface area (Å²) >= 11 is 0. The molecule has 0 N–H and O–H groups in total. The highest BCUT2D eigenvalue weighted by atomic mass is 19.1. The van der Waals surface area contributed by atoms with Crippen molar-refractivity contribution in [2.24, 2.45) is 0 Å². The number of Topliss-reactive ketones (excluding diaryl/α,β-unsaturated/α-hetero) is 1. The second kappa shape index (κ2) is 3.81. The molecule has 3 nitrogen and oxygen atoms in total. The van der Waals surface area contributed by atoms with Crippen molar-refractivity contribution in [3.8, 4) is 0 Å². The molecule has 1 saturated heterocycles. The zero-order chi connectivity index (χ0) is 10.8. The standard InChI is InChI=1S/C11H9FO3/c12-8-3-1-7(2-4-8)11(14)9-5-6-10(13)15-9/h1-4,9H,5-6H2/t9-/m0/s1. The van der Waals surface area contributed by atoms with Crippen LogP contribution in [0.1, 0.15) is 23.2 Å². The van der Waals surface area contributed by atoms with Gasteiger partial charge in [-0.2, -0.15) is 0 Å². The number of esters is 1. The summed E-state index contributed by atoms with van der Waals surface area (Å²) in [7, 11) is 0. The summed E-state index contributed by atoms with van der Waals surface area (Å²) in [6.45, 7) is 0. The van der Waals surface area contributed by atoms with Crippen molar-refractivity contribution in [2.75, 3.05) is 0 Å². The molecule has 2 rings (SSSR count). The lowest BCUT2D eigenvalue weighted by Crippen LogP contribution is -2.20. The molecular weight excluding hydrogens is 199 g/mol. The van der Waals surface area contributed by atoms with Crippen LogP contribution in [0.15, 0.2) is 24.3 Å². The van der Waals surface area contributed by atoms with E-state index < -0.39 is 11.9 Å². The first-order chi connectivity index (χ1) is 7.16. The normalized spacial score (nSPS) is 20.1. The van der Waals surface area contributed by atoms with Gasteiger partial charge in [-0.15, -0.1) is 0 Å². The first-order valence-electron chi connectivity index (χ1n) is 4.66. The van der Waals surface area contributed by atoms with Crippen molar-refractivity contribution >= 4 is 11.8 Å². The number of carbonyl (C=O) groups excluding carboxylic acids is 2. The van der Waals surface area contributed by atoms with Crippen LogP contribution < -0.4 is 0 Å². The summed E-state index contributed by atoms with van der Waals surface area (Å²) in [4.78, 5) is 22.5. The Hall–Kier alpha value is -1.71. The third kappa shape index (κ3) is 2.03. The molecule has 0 aliphatic carbocycles. The smallest absolute Gasteiger partial charge is 0.306 e. The Balaban J connectivity index is 2.14. The third-order valence-electron chi connectivity index (χ3n) is 2.31. The fourth-order valence-corrected chi connectivity index (χ4v) is 1.51. The predicted molar refractivity (Wildman–Crippen MR) is 49.8 cm³/mol. The van der Waals surface area contributed by atoms with E-state index >= 15 is 0 Å². The van der Waals surface area contributed by atoms with Crippen LogP contribution in [-0.4, -0.2) is 17.9 Å². The van der Waals surface area contributed by atoms with E-state index in [0.29, 0.717) is 12.0 Å². The van der Waals surface area contributed by atoms with Gasteiger partial charge in [0.2, 0.25) is 5.78 Å². The predicted octanol–water partition coefficient (Wildman–Crippen LogP) is 1.71. The summed E-state index contributed by atoms with van der Waals surface area (Å²) in [5.41, 5.74) is 0.371. The van der Waals surface area contributed by atoms with E-state index in [0.717, 1.165) is 0 Å². The molecule has 1 aliphatic heterocycles. The Bertz CT molecular complexity index is 397. The molecule has 1 aromatic rings. The van der Waals surface area contributed by atoms with Gasteiger partial charge in [0, 0.05) is 18.4 Å². The van der Waals surface area contributed by atoms with Gasteiger partial charge in [0.1, 0.15) is 5.82 Å². The number of ketones is 1. The first kappa shape index (κ1) is 9.83. The van der Waals surface area contributed by atoms with Crippen LogP contribution in [0.25, 0.3) is 0 Å². The topological polar surface area (TPSA) is 43.4 Å². The number of halogens is 1. The molecule has 1 aromatic carbocycles. The van der Waals surface area contributed by atoms with Crippen molar-refractivity contribution < 1.29 is 18.7 Å². The minimum Gasteiger partial charge on any atom is -0.454 e. The highest BCUT2D eigenvalue weighted by Crippen LogP contribution is 2.18. The lowest BCUT2D eigenvalue weighted by molar-refractivity contribution is -0.140. The SMILES string of the molecule is O=C1CC[C@@H](C(=O)c2ccc(F)cc2)O1. The molecule has 0 aromatic heterocycles. The van der Waals surface area contributed by atoms with Gasteiger partial charge >= 0.3 is 5.97 Å². The number of hydrogen-bond donors (Lipinski definition) is 0. The minimum absolute atomic E-state index is 0.263. The summed E-state index contributed by atoms with van der Waals surface area (Å²) in [5, 5.41) is 0. The summed E-state index contributed by atoms with van der Waals surface area (Å²) in [5.74, 6) is -1.01. The van der Waals surface area contributed by atoms with Gasteiger partial charge < -0.3 is 4.74 Å². The second-order valence-corrected chi connectivity index (χ2v) is 3.39. The summed E-state index contributed by atoms with van der Waals surface area (Å²) in [6.07, 6.45) is -0.00456. The van der Waals surface area contributed by atoms with Crippen LogP contribution >= 0.6 is 0 Å². The van der Waals surface area contributed by atoms with Gasteiger partial charge in [-0.3, -0.25) is 9.59 Å². The fraction of sp³-hybridized carbons (Fsp3) is 0.273. The molecule has 1 aliphatic rings.